The molecule has 0 unspecified atom stereocenters. The van der Waals surface area contributed by atoms with E-state index in [1.54, 1.807) is 24.3 Å². The maximum absolute atomic E-state index is 13.2. The summed E-state index contributed by atoms with van der Waals surface area (Å²) >= 11 is 5.94. The predicted octanol–water partition coefficient (Wildman–Crippen LogP) is 4.59. The molecule has 0 bridgehead atoms. The van der Waals surface area contributed by atoms with Gasteiger partial charge < -0.3 is 10.1 Å². The van der Waals surface area contributed by atoms with Gasteiger partial charge in [-0.25, -0.2) is 8.42 Å². The number of amides is 1. The minimum atomic E-state index is -4.64. The van der Waals surface area contributed by atoms with Gasteiger partial charge in [0, 0.05) is 18.9 Å². The number of rotatable bonds is 8. The third kappa shape index (κ3) is 6.25. The molecule has 0 spiro atoms. The normalized spacial score (nSPS) is 11.9. The number of aromatic nitrogens is 1. The Balaban J connectivity index is 1.88. The number of hydrogen-bond acceptors (Lipinski definition) is 5. The molecule has 0 radical (unpaired) electrons. The number of pyridine rings is 1. The van der Waals surface area contributed by atoms with Crippen LogP contribution in [0.15, 0.2) is 71.9 Å². The van der Waals surface area contributed by atoms with E-state index < -0.39 is 34.2 Å². The maximum Gasteiger partial charge on any atom is 0.416 e. The Bertz CT molecular complexity index is 1250. The highest BCUT2D eigenvalue weighted by atomic mass is 35.5. The second-order valence-electron chi connectivity index (χ2n) is 7.05. The Labute approximate surface area is 199 Å². The average molecular weight is 514 g/mol. The van der Waals surface area contributed by atoms with E-state index in [1.807, 2.05) is 0 Å². The fourth-order valence-corrected chi connectivity index (χ4v) is 4.47. The molecule has 2 aromatic carbocycles. The van der Waals surface area contributed by atoms with Crippen LogP contribution in [0, 0.1) is 0 Å². The summed E-state index contributed by atoms with van der Waals surface area (Å²) < 4.78 is 71.5. The van der Waals surface area contributed by atoms with Crippen LogP contribution in [0.4, 0.5) is 18.9 Å². The molecule has 12 heteroatoms. The van der Waals surface area contributed by atoms with E-state index in [-0.39, 0.29) is 22.2 Å². The van der Waals surface area contributed by atoms with E-state index >= 15 is 0 Å². The summed E-state index contributed by atoms with van der Waals surface area (Å²) in [7, 11) is -2.69. The lowest BCUT2D eigenvalue weighted by Gasteiger charge is -2.22. The quantitative estimate of drug-likeness (QED) is 0.476. The molecule has 0 saturated heterocycles. The average Bonchev–Trinajstić information content (AvgIpc) is 2.80. The standard InChI is InChI=1S/C22H19ClF3N3O4S/c1-33-17-7-4-15(5-8-17)13-29(34(31,32)18-3-2-10-27-12-18)14-21(30)28-20-11-16(22(24,25)26)6-9-19(20)23/h2-12H,13-14H2,1H3,(H,28,30). The molecule has 0 saturated carbocycles. The van der Waals surface area contributed by atoms with Crippen LogP contribution in [-0.2, 0) is 27.5 Å². The van der Waals surface area contributed by atoms with Crippen molar-refractivity contribution in [2.45, 2.75) is 17.6 Å². The van der Waals surface area contributed by atoms with Crippen molar-refractivity contribution in [2.75, 3.05) is 19.0 Å². The molecule has 3 rings (SSSR count). The van der Waals surface area contributed by atoms with Gasteiger partial charge in [0.1, 0.15) is 10.6 Å². The first-order valence-corrected chi connectivity index (χ1v) is 11.5. The fourth-order valence-electron chi connectivity index (χ4n) is 2.96. The van der Waals surface area contributed by atoms with Gasteiger partial charge >= 0.3 is 6.18 Å². The van der Waals surface area contributed by atoms with Crippen LogP contribution in [0.3, 0.4) is 0 Å². The first-order valence-electron chi connectivity index (χ1n) is 9.70. The smallest absolute Gasteiger partial charge is 0.416 e. The molecule has 3 aromatic rings. The van der Waals surface area contributed by atoms with Crippen molar-refractivity contribution < 1.29 is 31.1 Å². The lowest BCUT2D eigenvalue weighted by molar-refractivity contribution is -0.137. The van der Waals surface area contributed by atoms with Gasteiger partial charge in [-0.3, -0.25) is 9.78 Å². The van der Waals surface area contributed by atoms with Gasteiger partial charge in [0.2, 0.25) is 15.9 Å². The Morgan fingerprint density at radius 2 is 1.85 bits per heavy atom. The molecule has 0 fully saturated rings. The second kappa shape index (κ2) is 10.4. The van der Waals surface area contributed by atoms with E-state index in [2.05, 4.69) is 10.3 Å². The Morgan fingerprint density at radius 1 is 1.15 bits per heavy atom. The van der Waals surface area contributed by atoms with Crippen molar-refractivity contribution >= 4 is 33.2 Å². The molecule has 1 heterocycles. The van der Waals surface area contributed by atoms with E-state index in [0.717, 1.165) is 22.6 Å². The van der Waals surface area contributed by atoms with E-state index in [0.29, 0.717) is 17.4 Å². The highest BCUT2D eigenvalue weighted by Crippen LogP contribution is 2.34. The number of nitrogens with one attached hydrogen (secondary N) is 1. The van der Waals surface area contributed by atoms with Gasteiger partial charge in [-0.2, -0.15) is 17.5 Å². The molecular weight excluding hydrogens is 495 g/mol. The Kier molecular flexibility index (Phi) is 7.80. The number of hydrogen-bond donors (Lipinski definition) is 1. The second-order valence-corrected chi connectivity index (χ2v) is 9.40. The summed E-state index contributed by atoms with van der Waals surface area (Å²) in [4.78, 5) is 16.4. The fraction of sp³-hybridized carbons (Fsp3) is 0.182. The number of benzene rings is 2. The van der Waals surface area contributed by atoms with Crippen LogP contribution in [0.5, 0.6) is 5.75 Å². The number of carbonyl (C=O) groups excluding carboxylic acids is 1. The van der Waals surface area contributed by atoms with Crippen molar-refractivity contribution in [3.8, 4) is 5.75 Å². The van der Waals surface area contributed by atoms with Crippen LogP contribution < -0.4 is 10.1 Å². The predicted molar refractivity (Wildman–Crippen MR) is 120 cm³/mol. The molecule has 1 aromatic heterocycles. The molecule has 34 heavy (non-hydrogen) atoms. The van der Waals surface area contributed by atoms with Crippen LogP contribution in [-0.4, -0.2) is 37.3 Å². The van der Waals surface area contributed by atoms with Gasteiger partial charge in [-0.15, -0.1) is 0 Å². The number of halogens is 4. The highest BCUT2D eigenvalue weighted by Gasteiger charge is 2.32. The summed E-state index contributed by atoms with van der Waals surface area (Å²) in [6.45, 7) is -0.874. The Hall–Kier alpha value is -3.15. The monoisotopic (exact) mass is 513 g/mol. The summed E-state index contributed by atoms with van der Waals surface area (Å²) in [6, 6.07) is 11.7. The summed E-state index contributed by atoms with van der Waals surface area (Å²) in [5.74, 6) is -0.315. The first kappa shape index (κ1) is 25.5. The number of sulfonamides is 1. The third-order valence-electron chi connectivity index (χ3n) is 4.68. The zero-order chi connectivity index (χ0) is 24.9. The van der Waals surface area contributed by atoms with E-state index in [4.69, 9.17) is 16.3 Å². The molecule has 0 aliphatic rings. The first-order chi connectivity index (χ1) is 16.0. The lowest BCUT2D eigenvalue weighted by atomic mass is 10.2. The largest absolute Gasteiger partial charge is 0.497 e. The van der Waals surface area contributed by atoms with Crippen molar-refractivity contribution in [1.29, 1.82) is 0 Å². The van der Waals surface area contributed by atoms with Crippen molar-refractivity contribution in [3.63, 3.8) is 0 Å². The van der Waals surface area contributed by atoms with Gasteiger partial charge in [0.25, 0.3) is 0 Å². The number of anilines is 1. The lowest BCUT2D eigenvalue weighted by Crippen LogP contribution is -2.37. The zero-order valence-corrected chi connectivity index (χ0v) is 19.3. The SMILES string of the molecule is COc1ccc(CN(CC(=O)Nc2cc(C(F)(F)F)ccc2Cl)S(=O)(=O)c2cccnc2)cc1. The van der Waals surface area contributed by atoms with E-state index in [1.165, 1.54) is 25.4 Å². The molecule has 0 aliphatic carbocycles. The van der Waals surface area contributed by atoms with Crippen molar-refractivity contribution in [1.82, 2.24) is 9.29 Å². The molecule has 180 valence electrons. The molecule has 1 N–H and O–H groups in total. The molecular formula is C22H19ClF3N3O4S. The van der Waals surface area contributed by atoms with Gasteiger partial charge in [0.05, 0.1) is 29.9 Å². The molecule has 1 amide bonds. The summed E-state index contributed by atoms with van der Waals surface area (Å²) in [5, 5.41) is 2.14. The van der Waals surface area contributed by atoms with Crippen molar-refractivity contribution in [2.24, 2.45) is 0 Å². The third-order valence-corrected chi connectivity index (χ3v) is 6.78. The number of methoxy groups -OCH3 is 1. The van der Waals surface area contributed by atoms with Gasteiger partial charge in [0.15, 0.2) is 0 Å². The minimum absolute atomic E-state index is 0.127. The van der Waals surface area contributed by atoms with Crippen LogP contribution in [0.1, 0.15) is 11.1 Å². The van der Waals surface area contributed by atoms with E-state index in [9.17, 15) is 26.4 Å². The number of nitrogens with zero attached hydrogens (tertiary/aromatic N) is 2. The number of carbonyl (C=O) groups is 1. The van der Waals surface area contributed by atoms with Crippen molar-refractivity contribution in [3.05, 3.63) is 83.1 Å². The minimum Gasteiger partial charge on any atom is -0.497 e. The van der Waals surface area contributed by atoms with Crippen LogP contribution >= 0.6 is 11.6 Å². The topological polar surface area (TPSA) is 88.6 Å². The molecule has 7 nitrogen and oxygen atoms in total. The van der Waals surface area contributed by atoms with Gasteiger partial charge in [-0.05, 0) is 48.0 Å². The number of ether oxygens (including phenoxy) is 1. The number of alkyl halides is 3. The zero-order valence-electron chi connectivity index (χ0n) is 17.7. The van der Waals surface area contributed by atoms with Crippen LogP contribution in [0.25, 0.3) is 0 Å². The van der Waals surface area contributed by atoms with Crippen LogP contribution in [0.2, 0.25) is 5.02 Å². The van der Waals surface area contributed by atoms with Gasteiger partial charge in [-0.1, -0.05) is 23.7 Å². The maximum atomic E-state index is 13.2. The summed E-state index contributed by atoms with van der Waals surface area (Å²) in [5.41, 5.74) is -0.742. The highest BCUT2D eigenvalue weighted by molar-refractivity contribution is 7.89. The Morgan fingerprint density at radius 3 is 2.44 bits per heavy atom. The molecule has 0 atom stereocenters. The molecule has 0 aliphatic heterocycles. The summed E-state index contributed by atoms with van der Waals surface area (Å²) in [6.07, 6.45) is -2.11.